The van der Waals surface area contributed by atoms with Crippen LogP contribution < -0.4 is 0 Å². The van der Waals surface area contributed by atoms with Crippen LogP contribution in [0.25, 0.3) is 11.1 Å². The highest BCUT2D eigenvalue weighted by atomic mass is 14.2. The molecule has 0 spiro atoms. The van der Waals surface area contributed by atoms with E-state index in [1.54, 1.807) is 12.2 Å². The van der Waals surface area contributed by atoms with Crippen LogP contribution in [0, 0.1) is 11.3 Å². The quantitative estimate of drug-likeness (QED) is 0.492. The van der Waals surface area contributed by atoms with Gasteiger partial charge in [-0.05, 0) is 28.3 Å². The van der Waals surface area contributed by atoms with Crippen LogP contribution in [-0.4, -0.2) is 0 Å². The van der Waals surface area contributed by atoms with Crippen molar-refractivity contribution in [2.45, 2.75) is 34.1 Å². The van der Waals surface area contributed by atoms with Gasteiger partial charge in [-0.2, -0.15) is 5.26 Å². The van der Waals surface area contributed by atoms with E-state index in [1.807, 2.05) is 64.2 Å². The summed E-state index contributed by atoms with van der Waals surface area (Å²) in [4.78, 5) is 0. The zero-order valence-electron chi connectivity index (χ0n) is 17.1. The number of nitriles is 1. The fourth-order valence-electron chi connectivity index (χ4n) is 2.30. The van der Waals surface area contributed by atoms with Crippen LogP contribution >= 0.6 is 0 Å². The lowest BCUT2D eigenvalue weighted by Gasteiger charge is -2.06. The summed E-state index contributed by atoms with van der Waals surface area (Å²) in [5, 5.41) is 8.98. The maximum atomic E-state index is 8.98. The molecule has 140 valence electrons. The third kappa shape index (κ3) is 8.21. The molecule has 0 aliphatic heterocycles. The maximum Gasteiger partial charge on any atom is 0.0950 e. The Balaban J connectivity index is 0.00000158. The molecule has 0 amide bonds. The molecule has 0 N–H and O–H groups in total. The molecule has 0 radical (unpaired) electrons. The smallest absolute Gasteiger partial charge is 0.0950 e. The number of hydrogen-bond donors (Lipinski definition) is 0. The van der Waals surface area contributed by atoms with Crippen molar-refractivity contribution in [3.63, 3.8) is 0 Å². The van der Waals surface area contributed by atoms with E-state index in [4.69, 9.17) is 5.26 Å². The summed E-state index contributed by atoms with van der Waals surface area (Å²) >= 11 is 0. The van der Waals surface area contributed by atoms with E-state index in [1.165, 1.54) is 0 Å². The summed E-state index contributed by atoms with van der Waals surface area (Å²) in [5.41, 5.74) is 5.23. The Labute approximate surface area is 165 Å². The first-order valence-corrected chi connectivity index (χ1v) is 9.48. The van der Waals surface area contributed by atoms with E-state index in [9.17, 15) is 0 Å². The molecule has 0 saturated heterocycles. The minimum Gasteiger partial charge on any atom is -0.193 e. The molecule has 0 heterocycles. The van der Waals surface area contributed by atoms with Gasteiger partial charge in [0, 0.05) is 12.0 Å². The van der Waals surface area contributed by atoms with Gasteiger partial charge in [0.2, 0.25) is 0 Å². The minimum absolute atomic E-state index is 0.688. The molecule has 1 aromatic carbocycles. The second-order valence-electron chi connectivity index (χ2n) is 5.06. The summed E-state index contributed by atoms with van der Waals surface area (Å²) in [7, 11) is 0. The van der Waals surface area contributed by atoms with Crippen molar-refractivity contribution in [2.24, 2.45) is 0 Å². The van der Waals surface area contributed by atoms with Crippen LogP contribution in [0.5, 0.6) is 0 Å². The van der Waals surface area contributed by atoms with Crippen LogP contribution in [0.4, 0.5) is 0 Å². The summed E-state index contributed by atoms with van der Waals surface area (Å²) < 4.78 is 0. The van der Waals surface area contributed by atoms with Gasteiger partial charge in [-0.3, -0.25) is 0 Å². The molecular formula is C26H31N. The van der Waals surface area contributed by atoms with Gasteiger partial charge in [0.25, 0.3) is 0 Å². The molecule has 1 heteroatoms. The van der Waals surface area contributed by atoms with E-state index < -0.39 is 0 Å². The molecule has 0 fully saturated rings. The molecular weight excluding hydrogens is 326 g/mol. The molecule has 0 unspecified atom stereocenters. The fourth-order valence-corrected chi connectivity index (χ4v) is 2.30. The first-order valence-electron chi connectivity index (χ1n) is 9.48. The second-order valence-corrected chi connectivity index (χ2v) is 5.06. The summed E-state index contributed by atoms with van der Waals surface area (Å²) in [6, 6.07) is 10.6. The predicted molar refractivity (Wildman–Crippen MR) is 122 cm³/mol. The van der Waals surface area contributed by atoms with Gasteiger partial charge >= 0.3 is 0 Å². The van der Waals surface area contributed by atoms with Crippen LogP contribution in [0.1, 0.15) is 45.2 Å². The average molecular weight is 358 g/mol. The van der Waals surface area contributed by atoms with Crippen molar-refractivity contribution in [1.82, 2.24) is 0 Å². The zero-order chi connectivity index (χ0) is 20.5. The molecule has 0 saturated carbocycles. The molecule has 1 aromatic rings. The van der Waals surface area contributed by atoms with E-state index in [0.29, 0.717) is 6.42 Å². The SMILES string of the molecule is C=C/C=C\C(=C/C=C)c1ccc(C2=CC=C(C#N)CC=C2)cc1.CC.CC. The summed E-state index contributed by atoms with van der Waals surface area (Å²) in [5.74, 6) is 0. The van der Waals surface area contributed by atoms with Crippen molar-refractivity contribution in [2.75, 3.05) is 0 Å². The Hall–Kier alpha value is -3.11. The maximum absolute atomic E-state index is 8.98. The van der Waals surface area contributed by atoms with Gasteiger partial charge in [0.05, 0.1) is 6.07 Å². The molecule has 1 nitrogen and oxygen atoms in total. The molecule has 0 bridgehead atoms. The predicted octanol–water partition coefficient (Wildman–Crippen LogP) is 7.84. The molecule has 1 aliphatic rings. The highest BCUT2D eigenvalue weighted by Crippen LogP contribution is 2.23. The van der Waals surface area contributed by atoms with Gasteiger partial charge < -0.3 is 0 Å². The molecule has 27 heavy (non-hydrogen) atoms. The van der Waals surface area contributed by atoms with E-state index >= 15 is 0 Å². The monoisotopic (exact) mass is 357 g/mol. The number of benzene rings is 1. The number of rotatable bonds is 5. The first kappa shape index (κ1) is 23.9. The Bertz CT molecular complexity index is 772. The topological polar surface area (TPSA) is 23.8 Å². The lowest BCUT2D eigenvalue weighted by Crippen LogP contribution is -1.84. The van der Waals surface area contributed by atoms with Crippen molar-refractivity contribution < 1.29 is 0 Å². The van der Waals surface area contributed by atoms with Crippen LogP contribution in [0.3, 0.4) is 0 Å². The number of hydrogen-bond acceptors (Lipinski definition) is 1. The van der Waals surface area contributed by atoms with E-state index in [0.717, 1.165) is 27.8 Å². The van der Waals surface area contributed by atoms with Crippen molar-refractivity contribution in [3.8, 4) is 6.07 Å². The van der Waals surface area contributed by atoms with Gasteiger partial charge in [-0.25, -0.2) is 0 Å². The fraction of sp³-hybridized carbons (Fsp3) is 0.192. The number of nitrogens with zero attached hydrogens (tertiary/aromatic N) is 1. The summed E-state index contributed by atoms with van der Waals surface area (Å²) in [6.07, 6.45) is 18.1. The Morgan fingerprint density at radius 3 is 2.22 bits per heavy atom. The van der Waals surface area contributed by atoms with Crippen molar-refractivity contribution in [3.05, 3.63) is 109 Å². The van der Waals surface area contributed by atoms with E-state index in [2.05, 4.69) is 49.6 Å². The second kappa shape index (κ2) is 15.2. The van der Waals surface area contributed by atoms with Crippen LogP contribution in [0.15, 0.2) is 97.7 Å². The highest BCUT2D eigenvalue weighted by molar-refractivity contribution is 5.80. The van der Waals surface area contributed by atoms with Crippen molar-refractivity contribution >= 4 is 11.1 Å². The van der Waals surface area contributed by atoms with Crippen molar-refractivity contribution in [1.29, 1.82) is 5.26 Å². The van der Waals surface area contributed by atoms with Gasteiger partial charge in [0.15, 0.2) is 0 Å². The van der Waals surface area contributed by atoms with Gasteiger partial charge in [-0.1, -0.05) is 114 Å². The van der Waals surface area contributed by atoms with Gasteiger partial charge in [0.1, 0.15) is 0 Å². The normalized spacial score (nSPS) is 12.9. The molecule has 0 aromatic heterocycles. The van der Waals surface area contributed by atoms with Crippen LogP contribution in [0.2, 0.25) is 0 Å². The summed E-state index contributed by atoms with van der Waals surface area (Å²) in [6.45, 7) is 15.5. The number of allylic oxidation sites excluding steroid dienone is 12. The third-order valence-corrected chi connectivity index (χ3v) is 3.50. The lowest BCUT2D eigenvalue weighted by atomic mass is 9.99. The first-order chi connectivity index (χ1) is 13.3. The Morgan fingerprint density at radius 2 is 1.67 bits per heavy atom. The Morgan fingerprint density at radius 1 is 1.00 bits per heavy atom. The minimum atomic E-state index is 0.688. The zero-order valence-corrected chi connectivity index (χ0v) is 17.1. The largest absolute Gasteiger partial charge is 0.193 e. The van der Waals surface area contributed by atoms with E-state index in [-0.39, 0.29) is 0 Å². The lowest BCUT2D eigenvalue weighted by molar-refractivity contribution is 1.29. The Kier molecular flexibility index (Phi) is 13.4. The average Bonchev–Trinajstić information content (AvgIpc) is 3.00. The molecule has 2 rings (SSSR count). The van der Waals surface area contributed by atoms with Gasteiger partial charge in [-0.15, -0.1) is 0 Å². The standard InChI is InChI=1S/C22H19N.2C2H6/c1-3-5-9-19(7-4-2)21-13-15-22(16-14-21)20-10-6-8-18(17-23)11-12-20;2*1-2/h3-7,9-16H,1-2,8H2;2*1-2H3/b9-5-,19-7+;;. The highest BCUT2D eigenvalue weighted by Gasteiger charge is 2.03. The van der Waals surface area contributed by atoms with Crippen LogP contribution in [-0.2, 0) is 0 Å². The third-order valence-electron chi connectivity index (χ3n) is 3.50. The molecule has 1 aliphatic carbocycles. The molecule has 0 atom stereocenters.